The van der Waals surface area contributed by atoms with Gasteiger partial charge in [0, 0.05) is 11.8 Å². The summed E-state index contributed by atoms with van der Waals surface area (Å²) in [4.78, 5) is 15.2. The summed E-state index contributed by atoms with van der Waals surface area (Å²) >= 11 is 0. The summed E-state index contributed by atoms with van der Waals surface area (Å²) in [6.07, 6.45) is 1.15. The van der Waals surface area contributed by atoms with Gasteiger partial charge in [0.2, 0.25) is 0 Å². The Bertz CT molecular complexity index is 391. The number of benzene rings is 1. The zero-order valence-electron chi connectivity index (χ0n) is 8.54. The largest absolute Gasteiger partial charge is 0.351 e. The monoisotopic (exact) mass is 220 g/mol. The highest BCUT2D eigenvalue weighted by Gasteiger charge is 2.23. The first kappa shape index (κ1) is 10.8. The van der Waals surface area contributed by atoms with Gasteiger partial charge in [-0.3, -0.25) is 15.0 Å². The average Bonchev–Trinajstić information content (AvgIpc) is 2.39. The number of aliphatic imine (C=N–C) groups is 1. The molecular weight excluding hydrogens is 208 g/mol. The molecule has 1 amide bonds. The quantitative estimate of drug-likeness (QED) is 0.574. The molecule has 0 saturated heterocycles. The van der Waals surface area contributed by atoms with E-state index in [4.69, 9.17) is 9.94 Å². The Morgan fingerprint density at radius 1 is 1.44 bits per heavy atom. The van der Waals surface area contributed by atoms with Crippen LogP contribution in [0.4, 0.5) is 0 Å². The molecule has 2 unspecified atom stereocenters. The number of amides is 1. The smallest absolute Gasteiger partial charge is 0.254 e. The number of nitrogens with zero attached hydrogens (tertiary/aromatic N) is 1. The highest BCUT2D eigenvalue weighted by molar-refractivity contribution is 5.93. The number of carbonyl (C=O) groups is 1. The Morgan fingerprint density at radius 3 is 2.75 bits per heavy atom. The summed E-state index contributed by atoms with van der Waals surface area (Å²) in [6, 6.07) is 9.54. The van der Waals surface area contributed by atoms with E-state index in [1.807, 2.05) is 30.3 Å². The zero-order valence-corrected chi connectivity index (χ0v) is 8.54. The van der Waals surface area contributed by atoms with Crippen LogP contribution >= 0.6 is 0 Å². The summed E-state index contributed by atoms with van der Waals surface area (Å²) in [5, 5.41) is 8.45. The summed E-state index contributed by atoms with van der Waals surface area (Å²) < 4.78 is 5.43. The second kappa shape index (κ2) is 4.87. The van der Waals surface area contributed by atoms with E-state index in [1.165, 1.54) is 6.21 Å². The van der Waals surface area contributed by atoms with Crippen molar-refractivity contribution in [1.29, 1.82) is 0 Å². The van der Waals surface area contributed by atoms with Crippen molar-refractivity contribution in [2.45, 2.75) is 6.23 Å². The summed E-state index contributed by atoms with van der Waals surface area (Å²) in [6.45, 7) is 0.218. The molecule has 2 atom stereocenters. The Balaban J connectivity index is 2.06. The first-order valence-corrected chi connectivity index (χ1v) is 4.95. The maximum Gasteiger partial charge on any atom is 0.254 e. The van der Waals surface area contributed by atoms with E-state index in [9.17, 15) is 4.79 Å². The molecule has 5 nitrogen and oxygen atoms in total. The van der Waals surface area contributed by atoms with E-state index < -0.39 is 11.8 Å². The van der Waals surface area contributed by atoms with Crippen molar-refractivity contribution < 1.29 is 14.7 Å². The Morgan fingerprint density at radius 2 is 2.19 bits per heavy atom. The number of rotatable bonds is 2. The third kappa shape index (κ3) is 2.26. The van der Waals surface area contributed by atoms with Gasteiger partial charge in [-0.2, -0.15) is 0 Å². The van der Waals surface area contributed by atoms with Crippen LogP contribution in [0.15, 0.2) is 35.3 Å². The molecule has 0 spiro atoms. The molecule has 2 rings (SSSR count). The van der Waals surface area contributed by atoms with Crippen molar-refractivity contribution in [1.82, 2.24) is 5.48 Å². The van der Waals surface area contributed by atoms with Crippen LogP contribution in [0.25, 0.3) is 0 Å². The van der Waals surface area contributed by atoms with E-state index in [2.05, 4.69) is 4.99 Å². The zero-order chi connectivity index (χ0) is 11.4. The van der Waals surface area contributed by atoms with Gasteiger partial charge in [0.25, 0.3) is 5.91 Å². The van der Waals surface area contributed by atoms with Gasteiger partial charge in [0.1, 0.15) is 0 Å². The second-order valence-corrected chi connectivity index (χ2v) is 3.48. The van der Waals surface area contributed by atoms with E-state index in [1.54, 1.807) is 5.48 Å². The van der Waals surface area contributed by atoms with E-state index in [0.29, 0.717) is 0 Å². The Kier molecular flexibility index (Phi) is 3.28. The van der Waals surface area contributed by atoms with Crippen molar-refractivity contribution in [3.63, 3.8) is 0 Å². The minimum absolute atomic E-state index is 0.218. The Labute approximate surface area is 92.7 Å². The molecule has 5 heteroatoms. The third-order valence-corrected chi connectivity index (χ3v) is 2.37. The Hall–Kier alpha value is -1.72. The van der Waals surface area contributed by atoms with Gasteiger partial charge in [-0.25, -0.2) is 5.48 Å². The first-order valence-electron chi connectivity index (χ1n) is 4.95. The van der Waals surface area contributed by atoms with Gasteiger partial charge >= 0.3 is 0 Å². The molecule has 1 aromatic carbocycles. The minimum Gasteiger partial charge on any atom is -0.351 e. The molecular formula is C11H12N2O3. The molecule has 0 aromatic heterocycles. The van der Waals surface area contributed by atoms with Gasteiger partial charge in [-0.05, 0) is 0 Å². The van der Waals surface area contributed by atoms with Crippen molar-refractivity contribution in [2.24, 2.45) is 10.9 Å². The molecule has 0 fully saturated rings. The lowest BCUT2D eigenvalue weighted by Crippen LogP contribution is -2.34. The van der Waals surface area contributed by atoms with Gasteiger partial charge in [-0.1, -0.05) is 30.3 Å². The SMILES string of the molecule is O=C(NO)C1C=NC(c2ccccc2)OC1. The van der Waals surface area contributed by atoms with Crippen LogP contribution in [0.1, 0.15) is 11.8 Å². The summed E-state index contributed by atoms with van der Waals surface area (Å²) in [5.41, 5.74) is 2.53. The number of hydroxylamine groups is 1. The minimum atomic E-state index is -0.523. The van der Waals surface area contributed by atoms with E-state index >= 15 is 0 Å². The highest BCUT2D eigenvalue weighted by atomic mass is 16.5. The molecule has 1 aliphatic heterocycles. The van der Waals surface area contributed by atoms with Crippen LogP contribution in [0, 0.1) is 5.92 Å². The van der Waals surface area contributed by atoms with Crippen LogP contribution in [0.2, 0.25) is 0 Å². The number of nitrogens with one attached hydrogen (secondary N) is 1. The molecule has 1 aliphatic rings. The lowest BCUT2D eigenvalue weighted by atomic mass is 10.1. The third-order valence-electron chi connectivity index (χ3n) is 2.37. The summed E-state index contributed by atoms with van der Waals surface area (Å²) in [5.74, 6) is -1.03. The second-order valence-electron chi connectivity index (χ2n) is 3.48. The molecule has 84 valence electrons. The normalized spacial score (nSPS) is 24.1. The number of hydrogen-bond acceptors (Lipinski definition) is 4. The van der Waals surface area contributed by atoms with Crippen LogP contribution in [-0.2, 0) is 9.53 Å². The highest BCUT2D eigenvalue weighted by Crippen LogP contribution is 2.22. The van der Waals surface area contributed by atoms with Crippen LogP contribution in [-0.4, -0.2) is 23.9 Å². The van der Waals surface area contributed by atoms with Crippen LogP contribution in [0.5, 0.6) is 0 Å². The number of hydrogen-bond donors (Lipinski definition) is 2. The van der Waals surface area contributed by atoms with E-state index in [-0.39, 0.29) is 12.8 Å². The molecule has 0 bridgehead atoms. The predicted molar refractivity (Wildman–Crippen MR) is 57.0 cm³/mol. The molecule has 1 aromatic rings. The average molecular weight is 220 g/mol. The molecule has 0 radical (unpaired) electrons. The molecule has 2 N–H and O–H groups in total. The van der Waals surface area contributed by atoms with Crippen molar-refractivity contribution in [3.05, 3.63) is 35.9 Å². The van der Waals surface area contributed by atoms with Crippen molar-refractivity contribution in [3.8, 4) is 0 Å². The van der Waals surface area contributed by atoms with Crippen LogP contribution in [0.3, 0.4) is 0 Å². The predicted octanol–water partition coefficient (Wildman–Crippen LogP) is 0.908. The van der Waals surface area contributed by atoms with Gasteiger partial charge in [-0.15, -0.1) is 0 Å². The maximum absolute atomic E-state index is 11.1. The molecule has 1 heterocycles. The lowest BCUT2D eigenvalue weighted by Gasteiger charge is -2.21. The maximum atomic E-state index is 11.1. The molecule has 0 aliphatic carbocycles. The topological polar surface area (TPSA) is 70.9 Å². The van der Waals surface area contributed by atoms with Gasteiger partial charge < -0.3 is 4.74 Å². The standard InChI is InChI=1S/C11H12N2O3/c14-10(13-15)9-6-12-11(16-7-9)8-4-2-1-3-5-8/h1-6,9,11,15H,7H2,(H,13,14). The fourth-order valence-electron chi connectivity index (χ4n) is 1.49. The van der Waals surface area contributed by atoms with Gasteiger partial charge in [0.15, 0.2) is 6.23 Å². The van der Waals surface area contributed by atoms with E-state index in [0.717, 1.165) is 5.56 Å². The number of carbonyl (C=O) groups excluding carboxylic acids is 1. The van der Waals surface area contributed by atoms with Gasteiger partial charge in [0.05, 0.1) is 12.5 Å². The number of ether oxygens (including phenoxy) is 1. The molecule has 16 heavy (non-hydrogen) atoms. The van der Waals surface area contributed by atoms with Crippen molar-refractivity contribution >= 4 is 12.1 Å². The summed E-state index contributed by atoms with van der Waals surface area (Å²) in [7, 11) is 0. The fourth-order valence-corrected chi connectivity index (χ4v) is 1.49. The fraction of sp³-hybridized carbons (Fsp3) is 0.273. The first-order chi connectivity index (χ1) is 7.81. The molecule has 0 saturated carbocycles. The van der Waals surface area contributed by atoms with Crippen molar-refractivity contribution in [2.75, 3.05) is 6.61 Å². The van der Waals surface area contributed by atoms with Crippen LogP contribution < -0.4 is 5.48 Å². The lowest BCUT2D eigenvalue weighted by molar-refractivity contribution is -0.133.